The van der Waals surface area contributed by atoms with Gasteiger partial charge < -0.3 is 14.4 Å². The minimum Gasteiger partial charge on any atom is -0.385 e. The van der Waals surface area contributed by atoms with Crippen LogP contribution in [0.15, 0.2) is 29.2 Å². The van der Waals surface area contributed by atoms with E-state index < -0.39 is 24.6 Å². The summed E-state index contributed by atoms with van der Waals surface area (Å²) >= 11 is 0. The zero-order valence-electron chi connectivity index (χ0n) is 24.0. The molecule has 0 aromatic heterocycles. The minimum absolute atomic E-state index is 0.0157. The van der Waals surface area contributed by atoms with Gasteiger partial charge in [-0.25, -0.2) is 16.8 Å². The number of ether oxygens (including phenoxy) is 2. The van der Waals surface area contributed by atoms with E-state index in [0.29, 0.717) is 38.3 Å². The van der Waals surface area contributed by atoms with E-state index in [1.165, 1.54) is 12.1 Å². The number of methoxy groups -OCH3 is 2. The molecule has 0 unspecified atom stereocenters. The molecule has 0 spiro atoms. The molecule has 0 aliphatic heterocycles. The van der Waals surface area contributed by atoms with Crippen LogP contribution in [0.5, 0.6) is 0 Å². The quantitative estimate of drug-likeness (QED) is 0.224. The smallest absolute Gasteiger partial charge is 0.239 e. The SMILES string of the molecule is CCC(C)(CC)C(CC)(CC)S(=O)(=O)Nc1ccc(S(=O)(=O)CCN(CCCOC)CCCOC)cc1. The molecule has 1 aromatic carbocycles. The van der Waals surface area contributed by atoms with Crippen LogP contribution in [0, 0.1) is 5.41 Å². The molecule has 0 fully saturated rings. The zero-order valence-corrected chi connectivity index (χ0v) is 25.6. The molecule has 0 bridgehead atoms. The van der Waals surface area contributed by atoms with Gasteiger partial charge in [0.25, 0.3) is 0 Å². The van der Waals surface area contributed by atoms with Crippen molar-refractivity contribution in [1.29, 1.82) is 0 Å². The number of hydrogen-bond donors (Lipinski definition) is 1. The standard InChI is InChI=1S/C27H50N2O6S2/c1-8-26(5,9-2)27(10-3,11-4)37(32,33)28-24-14-16-25(17-15-24)36(30,31)23-20-29(18-12-21-34-6)19-13-22-35-7/h14-17,28H,8-13,18-23H2,1-7H3. The summed E-state index contributed by atoms with van der Waals surface area (Å²) in [4.78, 5) is 2.31. The molecule has 0 saturated heterocycles. The van der Waals surface area contributed by atoms with E-state index in [0.717, 1.165) is 38.8 Å². The lowest BCUT2D eigenvalue weighted by atomic mass is 9.69. The van der Waals surface area contributed by atoms with Gasteiger partial charge in [-0.1, -0.05) is 34.6 Å². The molecule has 1 rings (SSSR count). The highest BCUT2D eigenvalue weighted by Gasteiger charge is 2.53. The average Bonchev–Trinajstić information content (AvgIpc) is 2.87. The number of benzene rings is 1. The van der Waals surface area contributed by atoms with Crippen molar-refractivity contribution in [3.8, 4) is 0 Å². The van der Waals surface area contributed by atoms with E-state index in [1.807, 2.05) is 34.6 Å². The Hall–Kier alpha value is -1.20. The lowest BCUT2D eigenvalue weighted by Crippen LogP contribution is -2.53. The Balaban J connectivity index is 3.03. The molecular weight excluding hydrogens is 512 g/mol. The van der Waals surface area contributed by atoms with Gasteiger partial charge in [0, 0.05) is 52.8 Å². The van der Waals surface area contributed by atoms with Crippen molar-refractivity contribution in [2.45, 2.75) is 82.8 Å². The predicted octanol–water partition coefficient (Wildman–Crippen LogP) is 4.96. The highest BCUT2D eigenvalue weighted by molar-refractivity contribution is 7.94. The Morgan fingerprint density at radius 1 is 0.784 bits per heavy atom. The van der Waals surface area contributed by atoms with Crippen LogP contribution in [0.25, 0.3) is 0 Å². The first kappa shape index (κ1) is 33.8. The maximum absolute atomic E-state index is 13.7. The molecule has 37 heavy (non-hydrogen) atoms. The second-order valence-corrected chi connectivity index (χ2v) is 14.1. The fourth-order valence-electron chi connectivity index (χ4n) is 5.25. The third kappa shape index (κ3) is 8.65. The Labute approximate surface area is 226 Å². The van der Waals surface area contributed by atoms with E-state index in [-0.39, 0.29) is 16.1 Å². The molecule has 0 heterocycles. The summed E-state index contributed by atoms with van der Waals surface area (Å²) in [7, 11) is -3.96. The van der Waals surface area contributed by atoms with Gasteiger partial charge in [0.2, 0.25) is 10.0 Å². The van der Waals surface area contributed by atoms with Crippen molar-refractivity contribution in [3.05, 3.63) is 24.3 Å². The average molecular weight is 563 g/mol. The highest BCUT2D eigenvalue weighted by Crippen LogP contribution is 2.48. The topological polar surface area (TPSA) is 102 Å². The molecule has 0 amide bonds. The van der Waals surface area contributed by atoms with Gasteiger partial charge in [-0.3, -0.25) is 4.72 Å². The number of nitrogens with zero attached hydrogens (tertiary/aromatic N) is 1. The maximum Gasteiger partial charge on any atom is 0.239 e. The van der Waals surface area contributed by atoms with Gasteiger partial charge in [0.1, 0.15) is 0 Å². The van der Waals surface area contributed by atoms with Gasteiger partial charge in [-0.05, 0) is 68.2 Å². The van der Waals surface area contributed by atoms with Gasteiger partial charge in [-0.15, -0.1) is 0 Å². The van der Waals surface area contributed by atoms with Crippen molar-refractivity contribution in [3.63, 3.8) is 0 Å². The predicted molar refractivity (Wildman–Crippen MR) is 152 cm³/mol. The lowest BCUT2D eigenvalue weighted by Gasteiger charge is -2.46. The summed E-state index contributed by atoms with van der Waals surface area (Å²) in [5, 5.41) is 0. The van der Waals surface area contributed by atoms with Crippen LogP contribution < -0.4 is 4.72 Å². The monoisotopic (exact) mass is 562 g/mol. The summed E-state index contributed by atoms with van der Waals surface area (Å²) < 4.78 is 65.5. The third-order valence-corrected chi connectivity index (χ3v) is 12.4. The second kappa shape index (κ2) is 15.4. The number of sulfonamides is 1. The van der Waals surface area contributed by atoms with Gasteiger partial charge >= 0.3 is 0 Å². The molecule has 0 aliphatic rings. The summed E-state index contributed by atoms with van der Waals surface area (Å²) in [6, 6.07) is 6.08. The Morgan fingerprint density at radius 3 is 1.68 bits per heavy atom. The normalized spacial score (nSPS) is 13.3. The van der Waals surface area contributed by atoms with Gasteiger partial charge in [0.05, 0.1) is 15.4 Å². The van der Waals surface area contributed by atoms with Crippen LogP contribution in [0.2, 0.25) is 0 Å². The number of hydrogen-bond acceptors (Lipinski definition) is 7. The molecular formula is C27H50N2O6S2. The third-order valence-electron chi connectivity index (χ3n) is 8.10. The Morgan fingerprint density at radius 2 is 1.27 bits per heavy atom. The van der Waals surface area contributed by atoms with Crippen molar-refractivity contribution >= 4 is 25.5 Å². The van der Waals surface area contributed by atoms with E-state index in [1.54, 1.807) is 26.4 Å². The lowest BCUT2D eigenvalue weighted by molar-refractivity contribution is 0.156. The molecule has 1 N–H and O–H groups in total. The van der Waals surface area contributed by atoms with Gasteiger partial charge in [-0.2, -0.15) is 0 Å². The van der Waals surface area contributed by atoms with Crippen LogP contribution in [0.1, 0.15) is 73.1 Å². The first-order valence-corrected chi connectivity index (χ1v) is 16.6. The van der Waals surface area contributed by atoms with Crippen LogP contribution in [0.3, 0.4) is 0 Å². The van der Waals surface area contributed by atoms with Crippen LogP contribution in [-0.2, 0) is 29.3 Å². The molecule has 0 radical (unpaired) electrons. The molecule has 10 heteroatoms. The molecule has 8 nitrogen and oxygen atoms in total. The minimum atomic E-state index is -3.74. The van der Waals surface area contributed by atoms with Crippen molar-refractivity contribution in [2.75, 3.05) is 57.5 Å². The molecule has 0 saturated carbocycles. The molecule has 216 valence electrons. The summed E-state index contributed by atoms with van der Waals surface area (Å²) in [6.45, 7) is 13.1. The first-order valence-electron chi connectivity index (χ1n) is 13.5. The Kier molecular flexibility index (Phi) is 14.1. The van der Waals surface area contributed by atoms with E-state index >= 15 is 0 Å². The molecule has 0 atom stereocenters. The van der Waals surface area contributed by atoms with Crippen molar-refractivity contribution in [1.82, 2.24) is 4.90 Å². The van der Waals surface area contributed by atoms with E-state index in [4.69, 9.17) is 9.47 Å². The van der Waals surface area contributed by atoms with Crippen molar-refractivity contribution < 1.29 is 26.3 Å². The number of nitrogens with one attached hydrogen (secondary N) is 1. The summed E-state index contributed by atoms with van der Waals surface area (Å²) in [5.41, 5.74) is -0.00943. The highest BCUT2D eigenvalue weighted by atomic mass is 32.2. The largest absolute Gasteiger partial charge is 0.385 e. The van der Waals surface area contributed by atoms with Crippen molar-refractivity contribution in [2.24, 2.45) is 5.41 Å². The number of sulfone groups is 1. The fraction of sp³-hybridized carbons (Fsp3) is 0.778. The molecule has 1 aromatic rings. The maximum atomic E-state index is 13.7. The number of rotatable bonds is 20. The number of anilines is 1. The van der Waals surface area contributed by atoms with E-state index in [9.17, 15) is 16.8 Å². The van der Waals surface area contributed by atoms with Gasteiger partial charge in [0.15, 0.2) is 9.84 Å². The summed E-state index contributed by atoms with van der Waals surface area (Å²) in [5.74, 6) is -0.0157. The summed E-state index contributed by atoms with van der Waals surface area (Å²) in [6.07, 6.45) is 4.13. The molecule has 0 aliphatic carbocycles. The Bertz CT molecular complexity index is 976. The van der Waals surface area contributed by atoms with E-state index in [2.05, 4.69) is 9.62 Å². The van der Waals surface area contributed by atoms with Crippen LogP contribution >= 0.6 is 0 Å². The first-order chi connectivity index (χ1) is 17.4. The van der Waals surface area contributed by atoms with Crippen LogP contribution in [-0.4, -0.2) is 79.3 Å². The zero-order chi connectivity index (χ0) is 28.2. The second-order valence-electron chi connectivity index (χ2n) is 9.95. The fourth-order valence-corrected chi connectivity index (χ4v) is 8.88. The van der Waals surface area contributed by atoms with Crippen LogP contribution in [0.4, 0.5) is 5.69 Å².